The summed E-state index contributed by atoms with van der Waals surface area (Å²) < 4.78 is 5.40. The number of likely N-dealkylation sites (tertiary alicyclic amines) is 1. The predicted octanol–water partition coefficient (Wildman–Crippen LogP) is 1.40. The molecule has 3 aliphatic rings. The van der Waals surface area contributed by atoms with Crippen molar-refractivity contribution in [1.82, 2.24) is 15.1 Å². The Morgan fingerprint density at radius 1 is 1.27 bits per heavy atom. The van der Waals surface area contributed by atoms with Crippen molar-refractivity contribution in [1.29, 1.82) is 0 Å². The lowest BCUT2D eigenvalue weighted by atomic mass is 10.0. The molecule has 0 aromatic carbocycles. The molecule has 1 N–H and O–H groups in total. The van der Waals surface area contributed by atoms with E-state index >= 15 is 0 Å². The van der Waals surface area contributed by atoms with Crippen molar-refractivity contribution in [3.05, 3.63) is 24.2 Å². The molecule has 2 saturated heterocycles. The third-order valence-corrected chi connectivity index (χ3v) is 5.12. The van der Waals surface area contributed by atoms with E-state index in [9.17, 15) is 9.59 Å². The number of furan rings is 1. The molecular weight excluding hydrogens is 282 g/mol. The van der Waals surface area contributed by atoms with E-state index in [1.807, 2.05) is 21.9 Å². The second-order valence-corrected chi connectivity index (χ2v) is 6.45. The molecule has 0 unspecified atom stereocenters. The molecule has 3 amide bonds. The first kappa shape index (κ1) is 13.7. The molecule has 1 aromatic rings. The Kier molecular flexibility index (Phi) is 3.32. The number of nitrogens with one attached hydrogen (secondary N) is 1. The summed E-state index contributed by atoms with van der Waals surface area (Å²) in [5, 5.41) is 2.85. The highest BCUT2D eigenvalue weighted by molar-refractivity contribution is 5.83. The fraction of sp³-hybridized carbons (Fsp3) is 0.625. The Morgan fingerprint density at radius 3 is 2.73 bits per heavy atom. The third kappa shape index (κ3) is 2.36. The zero-order valence-electron chi connectivity index (χ0n) is 12.5. The van der Waals surface area contributed by atoms with Crippen LogP contribution in [-0.4, -0.2) is 54.0 Å². The van der Waals surface area contributed by atoms with E-state index in [4.69, 9.17) is 4.42 Å². The van der Waals surface area contributed by atoms with Crippen LogP contribution in [0.3, 0.4) is 0 Å². The molecule has 1 saturated carbocycles. The maximum atomic E-state index is 12.5. The number of hydrogen-bond donors (Lipinski definition) is 1. The number of amides is 3. The minimum absolute atomic E-state index is 0.0462. The van der Waals surface area contributed by atoms with Crippen LogP contribution in [0.1, 0.15) is 30.9 Å². The Balaban J connectivity index is 1.31. The van der Waals surface area contributed by atoms with E-state index in [0.717, 1.165) is 51.2 Å². The highest BCUT2D eigenvalue weighted by atomic mass is 16.3. The fourth-order valence-corrected chi connectivity index (χ4v) is 3.75. The summed E-state index contributed by atoms with van der Waals surface area (Å²) >= 11 is 0. The molecule has 6 heteroatoms. The van der Waals surface area contributed by atoms with Crippen LogP contribution in [0.4, 0.5) is 4.79 Å². The Bertz CT molecular complexity index is 563. The number of rotatable bonds is 3. The Hall–Kier alpha value is -1.98. The van der Waals surface area contributed by atoms with Crippen molar-refractivity contribution in [3.8, 4) is 0 Å². The standard InChI is InChI=1S/C16H21N3O3/c20-15(13-10-12(13)14-2-1-9-22-14)18-6-3-11(4-7-18)19-8-5-17-16(19)21/h1-2,9,11-13H,3-8,10H2,(H,17,21)/t12-,13-/m1/s1. The molecule has 22 heavy (non-hydrogen) atoms. The number of nitrogens with zero attached hydrogens (tertiary/aromatic N) is 2. The van der Waals surface area contributed by atoms with Crippen molar-refractivity contribution >= 4 is 11.9 Å². The first-order valence-electron chi connectivity index (χ1n) is 8.10. The van der Waals surface area contributed by atoms with Gasteiger partial charge in [-0.15, -0.1) is 0 Å². The average molecular weight is 303 g/mol. The summed E-state index contributed by atoms with van der Waals surface area (Å²) in [5.74, 6) is 1.55. The first-order valence-corrected chi connectivity index (χ1v) is 8.10. The molecule has 2 aliphatic heterocycles. The summed E-state index contributed by atoms with van der Waals surface area (Å²) in [4.78, 5) is 28.1. The quantitative estimate of drug-likeness (QED) is 0.918. The average Bonchev–Trinajstić information content (AvgIpc) is 2.95. The zero-order valence-corrected chi connectivity index (χ0v) is 12.5. The van der Waals surface area contributed by atoms with E-state index < -0.39 is 0 Å². The van der Waals surface area contributed by atoms with E-state index in [2.05, 4.69) is 5.32 Å². The van der Waals surface area contributed by atoms with Gasteiger partial charge in [-0.25, -0.2) is 4.79 Å². The summed E-state index contributed by atoms with van der Waals surface area (Å²) in [7, 11) is 0. The second-order valence-electron chi connectivity index (χ2n) is 6.45. The van der Waals surface area contributed by atoms with Crippen molar-refractivity contribution in [3.63, 3.8) is 0 Å². The molecule has 0 spiro atoms. The highest BCUT2D eigenvalue weighted by Gasteiger charge is 2.48. The summed E-state index contributed by atoms with van der Waals surface area (Å²) in [5.41, 5.74) is 0. The van der Waals surface area contributed by atoms with Gasteiger partial charge in [0.05, 0.1) is 6.26 Å². The van der Waals surface area contributed by atoms with Gasteiger partial charge < -0.3 is 19.5 Å². The van der Waals surface area contributed by atoms with Crippen molar-refractivity contribution in [2.24, 2.45) is 5.92 Å². The van der Waals surface area contributed by atoms with Crippen LogP contribution >= 0.6 is 0 Å². The topological polar surface area (TPSA) is 65.8 Å². The summed E-state index contributed by atoms with van der Waals surface area (Å²) in [6.45, 7) is 3.05. The van der Waals surface area contributed by atoms with E-state index in [1.165, 1.54) is 0 Å². The summed E-state index contributed by atoms with van der Waals surface area (Å²) in [6, 6.07) is 4.16. The monoisotopic (exact) mass is 303 g/mol. The number of hydrogen-bond acceptors (Lipinski definition) is 3. The lowest BCUT2D eigenvalue weighted by molar-refractivity contribution is -0.134. The van der Waals surface area contributed by atoms with Crippen LogP contribution < -0.4 is 5.32 Å². The molecule has 2 atom stereocenters. The smallest absolute Gasteiger partial charge is 0.317 e. The Morgan fingerprint density at radius 2 is 2.09 bits per heavy atom. The number of carbonyl (C=O) groups excluding carboxylic acids is 2. The van der Waals surface area contributed by atoms with Gasteiger partial charge in [-0.3, -0.25) is 4.79 Å². The predicted molar refractivity (Wildman–Crippen MR) is 79.3 cm³/mol. The third-order valence-electron chi connectivity index (χ3n) is 5.12. The SMILES string of the molecule is O=C([C@@H]1C[C@H]1c1ccco1)N1CCC(N2CCNC2=O)CC1. The van der Waals surface area contributed by atoms with Gasteiger partial charge in [0.25, 0.3) is 0 Å². The van der Waals surface area contributed by atoms with Crippen molar-refractivity contribution in [2.45, 2.75) is 31.2 Å². The normalized spacial score (nSPS) is 28.8. The van der Waals surface area contributed by atoms with Crippen LogP contribution in [0, 0.1) is 5.92 Å². The van der Waals surface area contributed by atoms with Crippen LogP contribution in [0.25, 0.3) is 0 Å². The lowest BCUT2D eigenvalue weighted by Crippen LogP contribution is -2.48. The van der Waals surface area contributed by atoms with E-state index in [1.54, 1.807) is 6.26 Å². The molecule has 6 nitrogen and oxygen atoms in total. The molecular formula is C16H21N3O3. The van der Waals surface area contributed by atoms with Gasteiger partial charge in [0, 0.05) is 44.1 Å². The number of piperidine rings is 1. The fourth-order valence-electron chi connectivity index (χ4n) is 3.75. The van der Waals surface area contributed by atoms with Gasteiger partial charge in [-0.2, -0.15) is 0 Å². The molecule has 4 rings (SSSR count). The molecule has 3 fully saturated rings. The maximum absolute atomic E-state index is 12.5. The van der Waals surface area contributed by atoms with Crippen LogP contribution in [0.2, 0.25) is 0 Å². The van der Waals surface area contributed by atoms with Crippen LogP contribution in [-0.2, 0) is 4.79 Å². The van der Waals surface area contributed by atoms with Gasteiger partial charge in [0.2, 0.25) is 5.91 Å². The highest BCUT2D eigenvalue weighted by Crippen LogP contribution is 2.48. The molecule has 1 aromatic heterocycles. The van der Waals surface area contributed by atoms with Crippen LogP contribution in [0.15, 0.2) is 22.8 Å². The van der Waals surface area contributed by atoms with Crippen molar-refractivity contribution < 1.29 is 14.0 Å². The minimum Gasteiger partial charge on any atom is -0.469 e. The second kappa shape index (κ2) is 5.34. The Labute approximate surface area is 129 Å². The molecule has 3 heterocycles. The first-order chi connectivity index (χ1) is 10.7. The van der Waals surface area contributed by atoms with Gasteiger partial charge >= 0.3 is 6.03 Å². The van der Waals surface area contributed by atoms with Gasteiger partial charge in [0.15, 0.2) is 0 Å². The lowest BCUT2D eigenvalue weighted by Gasteiger charge is -2.36. The van der Waals surface area contributed by atoms with E-state index in [-0.39, 0.29) is 29.8 Å². The van der Waals surface area contributed by atoms with Gasteiger partial charge in [-0.1, -0.05) is 0 Å². The van der Waals surface area contributed by atoms with Gasteiger partial charge in [-0.05, 0) is 31.4 Å². The molecule has 0 bridgehead atoms. The molecule has 118 valence electrons. The minimum atomic E-state index is 0.0462. The maximum Gasteiger partial charge on any atom is 0.317 e. The molecule has 1 aliphatic carbocycles. The zero-order chi connectivity index (χ0) is 15.1. The molecule has 0 radical (unpaired) electrons. The van der Waals surface area contributed by atoms with Crippen LogP contribution in [0.5, 0.6) is 0 Å². The van der Waals surface area contributed by atoms with Gasteiger partial charge in [0.1, 0.15) is 5.76 Å². The van der Waals surface area contributed by atoms with Crippen molar-refractivity contribution in [2.75, 3.05) is 26.2 Å². The van der Waals surface area contributed by atoms with E-state index in [0.29, 0.717) is 0 Å². The number of urea groups is 1. The number of carbonyl (C=O) groups is 2. The largest absolute Gasteiger partial charge is 0.469 e. The summed E-state index contributed by atoms with van der Waals surface area (Å²) in [6.07, 6.45) is 4.34.